The minimum atomic E-state index is -5.80. The number of rotatable bonds is 8. The molecule has 0 aliphatic carbocycles. The van der Waals surface area contributed by atoms with Gasteiger partial charge in [0, 0.05) is 13.1 Å². The minimum absolute atomic E-state index is 0.0580. The Labute approximate surface area is 174 Å². The zero-order valence-electron chi connectivity index (χ0n) is 16.3. The Morgan fingerprint density at radius 1 is 0.969 bits per heavy atom. The molecule has 0 saturated carbocycles. The van der Waals surface area contributed by atoms with Crippen molar-refractivity contribution < 1.29 is 45.5 Å². The van der Waals surface area contributed by atoms with Crippen molar-refractivity contribution in [1.82, 2.24) is 15.0 Å². The maximum absolute atomic E-state index is 12.8. The van der Waals surface area contributed by atoms with Gasteiger partial charge in [-0.3, -0.25) is 10.1 Å². The van der Waals surface area contributed by atoms with E-state index in [1.165, 1.54) is 7.05 Å². The van der Waals surface area contributed by atoms with Gasteiger partial charge in [-0.05, 0) is 0 Å². The summed E-state index contributed by atoms with van der Waals surface area (Å²) in [5.74, 6) is -1.35. The van der Waals surface area contributed by atoms with Crippen molar-refractivity contribution >= 4 is 23.3 Å². The number of nitro groups is 1. The van der Waals surface area contributed by atoms with E-state index in [0.717, 1.165) is 26.4 Å². The van der Waals surface area contributed by atoms with Gasteiger partial charge in [0.15, 0.2) is 5.75 Å². The molecule has 0 unspecified atom stereocenters. The molecule has 0 aliphatic heterocycles. The molecule has 0 radical (unpaired) electrons. The van der Waals surface area contributed by atoms with Crippen LogP contribution in [0, 0.1) is 10.1 Å². The lowest BCUT2D eigenvalue weighted by molar-refractivity contribution is -0.385. The molecule has 1 aromatic heterocycles. The van der Waals surface area contributed by atoms with Crippen LogP contribution in [0.3, 0.4) is 0 Å². The largest absolute Gasteiger partial charge is 0.494 e. The number of nitrogens with one attached hydrogen (secondary N) is 2. The van der Waals surface area contributed by atoms with Crippen LogP contribution in [0.4, 0.5) is 49.6 Å². The van der Waals surface area contributed by atoms with Gasteiger partial charge < -0.3 is 24.8 Å². The lowest BCUT2D eigenvalue weighted by Gasteiger charge is -2.23. The van der Waals surface area contributed by atoms with E-state index in [4.69, 9.17) is 9.47 Å². The molecule has 32 heavy (non-hydrogen) atoms. The van der Waals surface area contributed by atoms with Crippen LogP contribution in [0.2, 0.25) is 0 Å². The first kappa shape index (κ1) is 24.5. The van der Waals surface area contributed by atoms with Gasteiger partial charge in [-0.25, -0.2) is 0 Å². The Balaban J connectivity index is 2.49. The number of methoxy groups -OCH3 is 2. The number of anilines is 3. The molecule has 0 fully saturated rings. The van der Waals surface area contributed by atoms with Crippen LogP contribution in [-0.2, 0) is 0 Å². The van der Waals surface area contributed by atoms with Crippen molar-refractivity contribution in [2.24, 2.45) is 0 Å². The molecule has 0 amide bonds. The lowest BCUT2D eigenvalue weighted by Crippen LogP contribution is -2.46. The van der Waals surface area contributed by atoms with E-state index >= 15 is 0 Å². The Bertz CT molecular complexity index is 972. The zero-order valence-corrected chi connectivity index (χ0v) is 16.3. The van der Waals surface area contributed by atoms with Gasteiger partial charge in [0.1, 0.15) is 5.75 Å². The molecule has 0 aliphatic rings. The van der Waals surface area contributed by atoms with Gasteiger partial charge in [-0.2, -0.15) is 41.3 Å². The van der Waals surface area contributed by atoms with Crippen LogP contribution < -0.4 is 24.8 Å². The molecule has 0 atom stereocenters. The van der Waals surface area contributed by atoms with E-state index in [-0.39, 0.29) is 17.2 Å². The highest BCUT2D eigenvalue weighted by molar-refractivity contribution is 5.70. The number of aromatic nitrogens is 3. The predicted molar refractivity (Wildman–Crippen MR) is 95.4 cm³/mol. The molecule has 2 rings (SSSR count). The molecule has 11 nitrogen and oxygen atoms in total. The van der Waals surface area contributed by atoms with Crippen LogP contribution in [0.15, 0.2) is 12.1 Å². The van der Waals surface area contributed by atoms with Crippen LogP contribution in [0.25, 0.3) is 0 Å². The molecule has 2 N–H and O–H groups in total. The standard InChI is InChI=1S/C15H14F6N6O5/c1-22-11-24-12(26-13(25-11)32-10(14(16,17)18)15(19,20)21)23-6-4-9(31-3)7(27(28)29)5-8(6)30-2/h4-5,10H,1-3H3,(H2,22,23,24,25,26). The first-order valence-corrected chi connectivity index (χ1v) is 8.21. The fourth-order valence-electron chi connectivity index (χ4n) is 2.24. The van der Waals surface area contributed by atoms with Gasteiger partial charge in [0.05, 0.1) is 30.9 Å². The average molecular weight is 472 g/mol. The Morgan fingerprint density at radius 3 is 2.00 bits per heavy atom. The molecule has 1 aromatic carbocycles. The van der Waals surface area contributed by atoms with E-state index in [2.05, 4.69) is 30.3 Å². The maximum atomic E-state index is 12.8. The van der Waals surface area contributed by atoms with Gasteiger partial charge in [0.25, 0.3) is 6.10 Å². The summed E-state index contributed by atoms with van der Waals surface area (Å²) in [6.45, 7) is 0. The van der Waals surface area contributed by atoms with E-state index in [1.807, 2.05) is 0 Å². The summed E-state index contributed by atoms with van der Waals surface area (Å²) in [6, 6.07) is 0.774. The third-order valence-corrected chi connectivity index (χ3v) is 3.60. The van der Waals surface area contributed by atoms with E-state index in [9.17, 15) is 36.5 Å². The van der Waals surface area contributed by atoms with Crippen LogP contribution in [0.5, 0.6) is 17.5 Å². The fourth-order valence-corrected chi connectivity index (χ4v) is 2.24. The highest BCUT2D eigenvalue weighted by atomic mass is 19.4. The molecule has 176 valence electrons. The maximum Gasteiger partial charge on any atom is 0.434 e. The lowest BCUT2D eigenvalue weighted by atomic mass is 10.2. The molecule has 2 aromatic rings. The number of nitro benzene ring substituents is 1. The summed E-state index contributed by atoms with van der Waals surface area (Å²) in [7, 11) is 3.54. The summed E-state index contributed by atoms with van der Waals surface area (Å²) >= 11 is 0. The van der Waals surface area contributed by atoms with Gasteiger partial charge in [-0.15, -0.1) is 0 Å². The number of halogens is 6. The first-order chi connectivity index (χ1) is 14.8. The third-order valence-electron chi connectivity index (χ3n) is 3.60. The topological polar surface area (TPSA) is 134 Å². The normalized spacial score (nSPS) is 11.8. The van der Waals surface area contributed by atoms with Crippen molar-refractivity contribution in [3.05, 3.63) is 22.2 Å². The molecule has 0 bridgehead atoms. The molecular formula is C15H14F6N6O5. The van der Waals surface area contributed by atoms with Gasteiger partial charge >= 0.3 is 24.1 Å². The summed E-state index contributed by atoms with van der Waals surface area (Å²) < 4.78 is 90.6. The second-order valence-corrected chi connectivity index (χ2v) is 5.70. The number of benzene rings is 1. The summed E-state index contributed by atoms with van der Waals surface area (Å²) in [6.07, 6.45) is -15.8. The zero-order chi connectivity index (χ0) is 24.3. The highest BCUT2D eigenvalue weighted by Gasteiger charge is 2.59. The molecule has 1 heterocycles. The van der Waals surface area contributed by atoms with Crippen LogP contribution in [-0.4, -0.2) is 59.6 Å². The minimum Gasteiger partial charge on any atom is -0.494 e. The smallest absolute Gasteiger partial charge is 0.434 e. The Kier molecular flexibility index (Phi) is 7.00. The van der Waals surface area contributed by atoms with Crippen molar-refractivity contribution in [2.75, 3.05) is 31.9 Å². The molecule has 17 heteroatoms. The Hall–Kier alpha value is -3.79. The number of nitrogens with zero attached hydrogens (tertiary/aromatic N) is 4. The molecular weight excluding hydrogens is 458 g/mol. The van der Waals surface area contributed by atoms with E-state index in [0.29, 0.717) is 0 Å². The summed E-state index contributed by atoms with van der Waals surface area (Å²) in [5, 5.41) is 15.9. The summed E-state index contributed by atoms with van der Waals surface area (Å²) in [5.41, 5.74) is -0.527. The van der Waals surface area contributed by atoms with Crippen LogP contribution >= 0.6 is 0 Å². The Morgan fingerprint density at radius 2 is 1.53 bits per heavy atom. The van der Waals surface area contributed by atoms with E-state index < -0.39 is 47.0 Å². The van der Waals surface area contributed by atoms with Gasteiger partial charge in [-0.1, -0.05) is 0 Å². The molecule has 0 saturated heterocycles. The summed E-state index contributed by atoms with van der Waals surface area (Å²) in [4.78, 5) is 20.9. The van der Waals surface area contributed by atoms with Gasteiger partial charge in [0.2, 0.25) is 11.9 Å². The fraction of sp³-hybridized carbons (Fsp3) is 0.400. The number of hydrogen-bond acceptors (Lipinski definition) is 10. The second kappa shape index (κ2) is 9.15. The van der Waals surface area contributed by atoms with Crippen molar-refractivity contribution in [3.8, 4) is 17.5 Å². The van der Waals surface area contributed by atoms with Crippen molar-refractivity contribution in [2.45, 2.75) is 18.5 Å². The second-order valence-electron chi connectivity index (χ2n) is 5.70. The molecule has 0 spiro atoms. The van der Waals surface area contributed by atoms with Crippen molar-refractivity contribution in [1.29, 1.82) is 0 Å². The number of alkyl halides is 6. The first-order valence-electron chi connectivity index (χ1n) is 8.21. The highest BCUT2D eigenvalue weighted by Crippen LogP contribution is 2.39. The van der Waals surface area contributed by atoms with Crippen molar-refractivity contribution in [3.63, 3.8) is 0 Å². The van der Waals surface area contributed by atoms with Crippen LogP contribution in [0.1, 0.15) is 0 Å². The predicted octanol–water partition coefficient (Wildman–Crippen LogP) is 3.45. The third kappa shape index (κ3) is 5.67. The number of hydrogen-bond donors (Lipinski definition) is 2. The average Bonchev–Trinajstić information content (AvgIpc) is 2.69. The quantitative estimate of drug-likeness (QED) is 0.334. The number of ether oxygens (including phenoxy) is 3. The monoisotopic (exact) mass is 472 g/mol. The van der Waals surface area contributed by atoms with E-state index in [1.54, 1.807) is 0 Å². The SMILES string of the molecule is CNc1nc(Nc2cc(OC)c([N+](=O)[O-])cc2OC)nc(OC(C(F)(F)F)C(F)(F)F)n1.